The standard InChI is InChI=1S/C14H13NO4S/c1-11-7-8-14(13(9-11)15(16)17)20(18,19)10-12-5-3-2-4-6-12/h2-9H,10H2,1H3. The van der Waals surface area contributed by atoms with Gasteiger partial charge >= 0.3 is 0 Å². The molecule has 0 fully saturated rings. The Morgan fingerprint density at radius 3 is 2.35 bits per heavy atom. The second-order valence-electron chi connectivity index (χ2n) is 4.47. The molecule has 0 atom stereocenters. The van der Waals surface area contributed by atoms with Crippen molar-refractivity contribution in [3.8, 4) is 0 Å². The summed E-state index contributed by atoms with van der Waals surface area (Å²) < 4.78 is 24.7. The summed E-state index contributed by atoms with van der Waals surface area (Å²) in [5.41, 5.74) is 0.874. The first-order chi connectivity index (χ1) is 9.40. The zero-order valence-corrected chi connectivity index (χ0v) is 11.6. The molecule has 0 amide bonds. The molecule has 0 aliphatic heterocycles. The van der Waals surface area contributed by atoms with Gasteiger partial charge in [0.05, 0.1) is 10.7 Å². The smallest absolute Gasteiger partial charge is 0.258 e. The van der Waals surface area contributed by atoms with Crippen molar-refractivity contribution in [1.82, 2.24) is 0 Å². The Balaban J connectivity index is 2.47. The van der Waals surface area contributed by atoms with Gasteiger partial charge in [0, 0.05) is 6.07 Å². The molecule has 0 aliphatic rings. The van der Waals surface area contributed by atoms with Gasteiger partial charge in [0.2, 0.25) is 0 Å². The number of nitro benzene ring substituents is 1. The Bertz CT molecular complexity index is 739. The van der Waals surface area contributed by atoms with Crippen molar-refractivity contribution in [2.45, 2.75) is 17.6 Å². The maximum absolute atomic E-state index is 12.3. The molecule has 6 heteroatoms. The van der Waals surface area contributed by atoms with Gasteiger partial charge in [-0.3, -0.25) is 10.1 Å². The highest BCUT2D eigenvalue weighted by Crippen LogP contribution is 2.27. The van der Waals surface area contributed by atoms with Crippen molar-refractivity contribution >= 4 is 15.5 Å². The van der Waals surface area contributed by atoms with Gasteiger partial charge in [-0.05, 0) is 24.1 Å². The summed E-state index contributed by atoms with van der Waals surface area (Å²) in [7, 11) is -3.75. The molecule has 104 valence electrons. The van der Waals surface area contributed by atoms with Crippen molar-refractivity contribution in [2.75, 3.05) is 0 Å². The maximum atomic E-state index is 12.3. The highest BCUT2D eigenvalue weighted by atomic mass is 32.2. The summed E-state index contributed by atoms with van der Waals surface area (Å²) in [6.07, 6.45) is 0. The number of nitro groups is 1. The molecule has 5 nitrogen and oxygen atoms in total. The number of benzene rings is 2. The van der Waals surface area contributed by atoms with Crippen LogP contribution in [0.25, 0.3) is 0 Å². The molecule has 0 aromatic heterocycles. The average Bonchev–Trinajstić information content (AvgIpc) is 2.38. The van der Waals surface area contributed by atoms with Crippen molar-refractivity contribution in [1.29, 1.82) is 0 Å². The quantitative estimate of drug-likeness (QED) is 0.641. The first kappa shape index (κ1) is 14.2. The van der Waals surface area contributed by atoms with Gasteiger partial charge in [0.25, 0.3) is 5.69 Å². The van der Waals surface area contributed by atoms with E-state index in [2.05, 4.69) is 0 Å². The number of aryl methyl sites for hydroxylation is 1. The summed E-state index contributed by atoms with van der Waals surface area (Å²) >= 11 is 0. The number of sulfone groups is 1. The van der Waals surface area contributed by atoms with E-state index in [0.717, 1.165) is 0 Å². The van der Waals surface area contributed by atoms with Gasteiger partial charge in [0.15, 0.2) is 9.84 Å². The predicted molar refractivity (Wildman–Crippen MR) is 75.2 cm³/mol. The highest BCUT2D eigenvalue weighted by molar-refractivity contribution is 7.90. The molecule has 0 aliphatic carbocycles. The second kappa shape index (κ2) is 5.42. The van der Waals surface area contributed by atoms with Crippen LogP contribution in [-0.2, 0) is 15.6 Å². The van der Waals surface area contributed by atoms with Gasteiger partial charge in [-0.1, -0.05) is 36.4 Å². The van der Waals surface area contributed by atoms with E-state index in [1.54, 1.807) is 43.3 Å². The van der Waals surface area contributed by atoms with Gasteiger partial charge in [-0.15, -0.1) is 0 Å². The predicted octanol–water partition coefficient (Wildman–Crippen LogP) is 2.88. The number of hydrogen-bond acceptors (Lipinski definition) is 4. The van der Waals surface area contributed by atoms with Crippen LogP contribution in [0.1, 0.15) is 11.1 Å². The largest absolute Gasteiger partial charge is 0.288 e. The Morgan fingerprint density at radius 2 is 1.75 bits per heavy atom. The van der Waals surface area contributed by atoms with Crippen LogP contribution in [0.2, 0.25) is 0 Å². The van der Waals surface area contributed by atoms with Crippen LogP contribution in [0.15, 0.2) is 53.4 Å². The van der Waals surface area contributed by atoms with Crippen molar-refractivity contribution in [3.63, 3.8) is 0 Å². The van der Waals surface area contributed by atoms with Crippen molar-refractivity contribution < 1.29 is 13.3 Å². The van der Waals surface area contributed by atoms with E-state index in [-0.39, 0.29) is 16.3 Å². The fraction of sp³-hybridized carbons (Fsp3) is 0.143. The third-order valence-corrected chi connectivity index (χ3v) is 4.57. The van der Waals surface area contributed by atoms with Crippen molar-refractivity contribution in [3.05, 3.63) is 69.8 Å². The average molecular weight is 291 g/mol. The first-order valence-corrected chi connectivity index (χ1v) is 7.57. The molecular formula is C14H13NO4S. The Labute approximate surface area is 116 Å². The summed E-state index contributed by atoms with van der Waals surface area (Å²) in [4.78, 5) is 10.1. The van der Waals surface area contributed by atoms with Gasteiger partial charge < -0.3 is 0 Å². The van der Waals surface area contributed by atoms with Gasteiger partial charge in [0.1, 0.15) is 4.90 Å². The third kappa shape index (κ3) is 3.03. The zero-order chi connectivity index (χ0) is 14.8. The first-order valence-electron chi connectivity index (χ1n) is 5.92. The molecule has 0 radical (unpaired) electrons. The van der Waals surface area contributed by atoms with E-state index in [9.17, 15) is 18.5 Å². The zero-order valence-electron chi connectivity index (χ0n) is 10.8. The van der Waals surface area contributed by atoms with E-state index in [1.807, 2.05) is 0 Å². The summed E-state index contributed by atoms with van der Waals surface area (Å²) in [5, 5.41) is 11.0. The molecule has 20 heavy (non-hydrogen) atoms. The minimum atomic E-state index is -3.75. The minimum Gasteiger partial charge on any atom is -0.258 e. The summed E-state index contributed by atoms with van der Waals surface area (Å²) in [6, 6.07) is 12.7. The van der Waals surface area contributed by atoms with Crippen LogP contribution in [0, 0.1) is 17.0 Å². The van der Waals surface area contributed by atoms with Crippen LogP contribution in [0.5, 0.6) is 0 Å². The lowest BCUT2D eigenvalue weighted by molar-refractivity contribution is -0.387. The molecule has 0 spiro atoms. The summed E-state index contributed by atoms with van der Waals surface area (Å²) in [6.45, 7) is 1.68. The van der Waals surface area contributed by atoms with Crippen LogP contribution in [-0.4, -0.2) is 13.3 Å². The maximum Gasteiger partial charge on any atom is 0.288 e. The number of hydrogen-bond donors (Lipinski definition) is 0. The second-order valence-corrected chi connectivity index (χ2v) is 6.43. The lowest BCUT2D eigenvalue weighted by atomic mass is 10.2. The molecule has 0 saturated carbocycles. The molecule has 2 rings (SSSR count). The number of rotatable bonds is 4. The fourth-order valence-electron chi connectivity index (χ4n) is 1.90. The van der Waals surface area contributed by atoms with E-state index in [0.29, 0.717) is 11.1 Å². The van der Waals surface area contributed by atoms with Gasteiger partial charge in [-0.25, -0.2) is 8.42 Å². The minimum absolute atomic E-state index is 0.239. The summed E-state index contributed by atoms with van der Waals surface area (Å²) in [5.74, 6) is -0.252. The normalized spacial score (nSPS) is 11.2. The van der Waals surface area contributed by atoms with Crippen LogP contribution in [0.4, 0.5) is 5.69 Å². The molecule has 0 N–H and O–H groups in total. The van der Waals surface area contributed by atoms with E-state index >= 15 is 0 Å². The van der Waals surface area contributed by atoms with Crippen LogP contribution >= 0.6 is 0 Å². The molecule has 0 saturated heterocycles. The van der Waals surface area contributed by atoms with E-state index in [1.165, 1.54) is 12.1 Å². The molecule has 2 aromatic carbocycles. The van der Waals surface area contributed by atoms with Gasteiger partial charge in [-0.2, -0.15) is 0 Å². The Morgan fingerprint density at radius 1 is 1.10 bits per heavy atom. The Kier molecular flexibility index (Phi) is 3.85. The fourth-order valence-corrected chi connectivity index (χ4v) is 3.42. The third-order valence-electron chi connectivity index (χ3n) is 2.85. The van der Waals surface area contributed by atoms with Crippen molar-refractivity contribution in [2.24, 2.45) is 0 Å². The number of nitrogens with zero attached hydrogens (tertiary/aromatic N) is 1. The van der Waals surface area contributed by atoms with Crippen LogP contribution < -0.4 is 0 Å². The highest BCUT2D eigenvalue weighted by Gasteiger charge is 2.25. The molecule has 0 bridgehead atoms. The molecule has 2 aromatic rings. The topological polar surface area (TPSA) is 77.3 Å². The van der Waals surface area contributed by atoms with E-state index < -0.39 is 14.8 Å². The van der Waals surface area contributed by atoms with Crippen LogP contribution in [0.3, 0.4) is 0 Å². The lowest BCUT2D eigenvalue weighted by Crippen LogP contribution is -2.08. The molecular weight excluding hydrogens is 278 g/mol. The Hall–Kier alpha value is -2.21. The lowest BCUT2D eigenvalue weighted by Gasteiger charge is -2.06. The van der Waals surface area contributed by atoms with E-state index in [4.69, 9.17) is 0 Å². The molecule has 0 heterocycles. The SMILES string of the molecule is Cc1ccc(S(=O)(=O)Cc2ccccc2)c([N+](=O)[O-])c1. The monoisotopic (exact) mass is 291 g/mol. The molecule has 0 unspecified atom stereocenters.